The largest absolute Gasteiger partial charge is 0.323 e. The molecule has 1 amide bonds. The molecule has 1 aromatic heterocycles. The van der Waals surface area contributed by atoms with Crippen molar-refractivity contribution < 1.29 is 9.18 Å². The average Bonchev–Trinajstić information content (AvgIpc) is 3.16. The highest BCUT2D eigenvalue weighted by molar-refractivity contribution is 5.92. The van der Waals surface area contributed by atoms with Gasteiger partial charge in [0.2, 0.25) is 5.91 Å². The average molecular weight is 301 g/mol. The summed E-state index contributed by atoms with van der Waals surface area (Å²) >= 11 is 0. The monoisotopic (exact) mass is 301 g/mol. The van der Waals surface area contributed by atoms with Gasteiger partial charge in [-0.2, -0.15) is 5.10 Å². The second-order valence-electron chi connectivity index (χ2n) is 5.82. The number of hydrogen-bond acceptors (Lipinski definition) is 2. The molecule has 0 saturated heterocycles. The Labute approximate surface area is 129 Å². The highest BCUT2D eigenvalue weighted by atomic mass is 19.1. The molecule has 1 fully saturated rings. The molecule has 3 rings (SSSR count). The van der Waals surface area contributed by atoms with Gasteiger partial charge in [0, 0.05) is 5.92 Å². The van der Waals surface area contributed by atoms with Gasteiger partial charge in [-0.3, -0.25) is 4.79 Å². The van der Waals surface area contributed by atoms with Gasteiger partial charge < -0.3 is 5.32 Å². The summed E-state index contributed by atoms with van der Waals surface area (Å²) in [6.45, 7) is 2.13. The number of para-hydroxylation sites is 1. The first-order valence-corrected chi connectivity index (χ1v) is 7.79. The molecule has 0 radical (unpaired) electrons. The van der Waals surface area contributed by atoms with E-state index < -0.39 is 0 Å². The van der Waals surface area contributed by atoms with E-state index in [-0.39, 0.29) is 17.6 Å². The van der Waals surface area contributed by atoms with Crippen molar-refractivity contribution in [2.45, 2.75) is 32.6 Å². The Bertz CT molecular complexity index is 667. The predicted molar refractivity (Wildman–Crippen MR) is 83.3 cm³/mol. The molecule has 0 spiro atoms. The Morgan fingerprint density at radius 2 is 2.23 bits per heavy atom. The molecule has 2 unspecified atom stereocenters. The molecule has 2 aromatic rings. The second kappa shape index (κ2) is 6.30. The molecular weight excluding hydrogens is 281 g/mol. The van der Waals surface area contributed by atoms with Crippen LogP contribution in [0.2, 0.25) is 0 Å². The van der Waals surface area contributed by atoms with Gasteiger partial charge in [-0.15, -0.1) is 0 Å². The maximum atomic E-state index is 13.7. The standard InChI is InChI=1S/C17H20FN3O/c1-2-12-6-5-7-14(12)17(22)20-13-10-19-21(11-13)16-9-4-3-8-15(16)18/h3-4,8-12,14H,2,5-7H2,1H3,(H,20,22). The van der Waals surface area contributed by atoms with Crippen molar-refractivity contribution >= 4 is 11.6 Å². The van der Waals surface area contributed by atoms with Gasteiger partial charge in [-0.25, -0.2) is 9.07 Å². The summed E-state index contributed by atoms with van der Waals surface area (Å²) in [7, 11) is 0. The number of halogens is 1. The fourth-order valence-electron chi connectivity index (χ4n) is 3.26. The molecule has 5 heteroatoms. The zero-order valence-corrected chi connectivity index (χ0v) is 12.6. The highest BCUT2D eigenvalue weighted by Crippen LogP contribution is 2.34. The summed E-state index contributed by atoms with van der Waals surface area (Å²) in [5, 5.41) is 7.04. The topological polar surface area (TPSA) is 46.9 Å². The SMILES string of the molecule is CCC1CCCC1C(=O)Nc1cnn(-c2ccccc2F)c1. The molecule has 1 aliphatic rings. The first kappa shape index (κ1) is 14.8. The van der Waals surface area contributed by atoms with Crippen LogP contribution in [0.15, 0.2) is 36.7 Å². The Kier molecular flexibility index (Phi) is 4.22. The summed E-state index contributed by atoms with van der Waals surface area (Å²) in [5.74, 6) is 0.270. The van der Waals surface area contributed by atoms with Crippen molar-refractivity contribution in [1.29, 1.82) is 0 Å². The Morgan fingerprint density at radius 3 is 3.00 bits per heavy atom. The number of rotatable bonds is 4. The maximum absolute atomic E-state index is 13.7. The van der Waals surface area contributed by atoms with Crippen LogP contribution in [-0.2, 0) is 4.79 Å². The minimum Gasteiger partial charge on any atom is -0.323 e. The van der Waals surface area contributed by atoms with Crippen LogP contribution in [-0.4, -0.2) is 15.7 Å². The van der Waals surface area contributed by atoms with E-state index >= 15 is 0 Å². The summed E-state index contributed by atoms with van der Waals surface area (Å²) in [5.41, 5.74) is 0.977. The van der Waals surface area contributed by atoms with Gasteiger partial charge >= 0.3 is 0 Å². The number of nitrogens with one attached hydrogen (secondary N) is 1. The smallest absolute Gasteiger partial charge is 0.227 e. The Hall–Kier alpha value is -2.17. The van der Waals surface area contributed by atoms with Gasteiger partial charge in [0.1, 0.15) is 11.5 Å². The van der Waals surface area contributed by atoms with Gasteiger partial charge in [0.25, 0.3) is 0 Å². The number of amides is 1. The Balaban J connectivity index is 1.72. The van der Waals surface area contributed by atoms with E-state index in [0.29, 0.717) is 17.3 Å². The lowest BCUT2D eigenvalue weighted by Crippen LogP contribution is -2.25. The molecule has 116 valence electrons. The first-order valence-electron chi connectivity index (χ1n) is 7.79. The maximum Gasteiger partial charge on any atom is 0.227 e. The first-order chi connectivity index (χ1) is 10.7. The van der Waals surface area contributed by atoms with Crippen molar-refractivity contribution in [3.8, 4) is 5.69 Å². The number of anilines is 1. The highest BCUT2D eigenvalue weighted by Gasteiger charge is 2.31. The molecule has 22 heavy (non-hydrogen) atoms. The van der Waals surface area contributed by atoms with Crippen LogP contribution in [0.1, 0.15) is 32.6 Å². The lowest BCUT2D eigenvalue weighted by atomic mass is 9.93. The van der Waals surface area contributed by atoms with Crippen molar-refractivity contribution in [3.05, 3.63) is 42.5 Å². The minimum atomic E-state index is -0.342. The van der Waals surface area contributed by atoms with Crippen LogP contribution < -0.4 is 5.32 Å². The molecule has 1 aromatic carbocycles. The van der Waals surface area contributed by atoms with Crippen LogP contribution in [0.25, 0.3) is 5.69 Å². The van der Waals surface area contributed by atoms with E-state index in [1.807, 2.05) is 0 Å². The quantitative estimate of drug-likeness (QED) is 0.934. The fraction of sp³-hybridized carbons (Fsp3) is 0.412. The summed E-state index contributed by atoms with van der Waals surface area (Å²) in [6, 6.07) is 6.43. The van der Waals surface area contributed by atoms with Gasteiger partial charge in [-0.1, -0.05) is 31.9 Å². The third-order valence-corrected chi connectivity index (χ3v) is 4.47. The molecular formula is C17H20FN3O. The molecule has 1 saturated carbocycles. The van der Waals surface area contributed by atoms with E-state index in [1.54, 1.807) is 30.6 Å². The van der Waals surface area contributed by atoms with Gasteiger partial charge in [0.05, 0.1) is 18.1 Å². The number of benzene rings is 1. The molecule has 1 heterocycles. The van der Waals surface area contributed by atoms with Crippen LogP contribution in [0.4, 0.5) is 10.1 Å². The summed E-state index contributed by atoms with van der Waals surface area (Å²) in [6.07, 6.45) is 7.43. The predicted octanol–water partition coefficient (Wildman–Crippen LogP) is 3.78. The molecule has 4 nitrogen and oxygen atoms in total. The van der Waals surface area contributed by atoms with E-state index in [0.717, 1.165) is 25.7 Å². The summed E-state index contributed by atoms with van der Waals surface area (Å²) < 4.78 is 15.2. The molecule has 1 aliphatic carbocycles. The van der Waals surface area contributed by atoms with Crippen molar-refractivity contribution in [2.75, 3.05) is 5.32 Å². The molecule has 0 aliphatic heterocycles. The van der Waals surface area contributed by atoms with Crippen LogP contribution >= 0.6 is 0 Å². The van der Waals surface area contributed by atoms with Crippen LogP contribution in [0.5, 0.6) is 0 Å². The van der Waals surface area contributed by atoms with Crippen molar-refractivity contribution in [3.63, 3.8) is 0 Å². The fourth-order valence-corrected chi connectivity index (χ4v) is 3.26. The third kappa shape index (κ3) is 2.89. The minimum absolute atomic E-state index is 0.0532. The second-order valence-corrected chi connectivity index (χ2v) is 5.82. The number of aromatic nitrogens is 2. The number of hydrogen-bond donors (Lipinski definition) is 1. The number of carbonyl (C=O) groups is 1. The van der Waals surface area contributed by atoms with E-state index in [1.165, 1.54) is 10.7 Å². The van der Waals surface area contributed by atoms with Gasteiger partial charge in [-0.05, 0) is 30.9 Å². The van der Waals surface area contributed by atoms with E-state index in [9.17, 15) is 9.18 Å². The van der Waals surface area contributed by atoms with E-state index in [2.05, 4.69) is 17.3 Å². The molecule has 2 atom stereocenters. The molecule has 1 N–H and O–H groups in total. The molecule has 0 bridgehead atoms. The van der Waals surface area contributed by atoms with Crippen molar-refractivity contribution in [1.82, 2.24) is 9.78 Å². The number of nitrogens with zero attached hydrogens (tertiary/aromatic N) is 2. The third-order valence-electron chi connectivity index (χ3n) is 4.47. The zero-order chi connectivity index (χ0) is 15.5. The normalized spacial score (nSPS) is 21.0. The van der Waals surface area contributed by atoms with Gasteiger partial charge in [0.15, 0.2) is 0 Å². The van der Waals surface area contributed by atoms with Crippen molar-refractivity contribution in [2.24, 2.45) is 11.8 Å². The lowest BCUT2D eigenvalue weighted by Gasteiger charge is -2.16. The Morgan fingerprint density at radius 1 is 1.41 bits per heavy atom. The number of carbonyl (C=O) groups excluding carboxylic acids is 1. The summed E-state index contributed by atoms with van der Waals surface area (Å²) in [4.78, 5) is 12.4. The van der Waals surface area contributed by atoms with E-state index in [4.69, 9.17) is 0 Å². The van der Waals surface area contributed by atoms with Crippen LogP contribution in [0.3, 0.4) is 0 Å². The van der Waals surface area contributed by atoms with Crippen LogP contribution in [0, 0.1) is 17.7 Å². The lowest BCUT2D eigenvalue weighted by molar-refractivity contribution is -0.120. The zero-order valence-electron chi connectivity index (χ0n) is 12.6.